The van der Waals surface area contributed by atoms with Crippen molar-refractivity contribution in [2.24, 2.45) is 7.05 Å². The van der Waals surface area contributed by atoms with Gasteiger partial charge in [-0.2, -0.15) is 0 Å². The number of nitrogens with zero attached hydrogens (tertiary/aromatic N) is 2. The van der Waals surface area contributed by atoms with Crippen molar-refractivity contribution in [2.45, 2.75) is 40.3 Å². The first-order valence-electron chi connectivity index (χ1n) is 11.2. The predicted molar refractivity (Wildman–Crippen MR) is 127 cm³/mol. The molecule has 0 saturated carbocycles. The van der Waals surface area contributed by atoms with E-state index in [9.17, 15) is 23.2 Å². The Kier molecular flexibility index (Phi) is 7.84. The van der Waals surface area contributed by atoms with Gasteiger partial charge in [-0.1, -0.05) is 12.1 Å². The molecule has 1 amide bonds. The van der Waals surface area contributed by atoms with Gasteiger partial charge in [-0.15, -0.1) is 0 Å². The zero-order chi connectivity index (χ0) is 25.9. The van der Waals surface area contributed by atoms with Crippen LogP contribution < -0.4 is 0 Å². The number of ether oxygens (including phenoxy) is 1. The molecule has 35 heavy (non-hydrogen) atoms. The van der Waals surface area contributed by atoms with E-state index in [1.54, 1.807) is 39.3 Å². The quantitative estimate of drug-likeness (QED) is 0.334. The minimum Gasteiger partial charge on any atom is -0.461 e. The fraction of sp³-hybridized carbons (Fsp3) is 0.296. The highest BCUT2D eigenvalue weighted by Gasteiger charge is 2.33. The number of rotatable bonds is 8. The Labute approximate surface area is 203 Å². The summed E-state index contributed by atoms with van der Waals surface area (Å²) in [5, 5.41) is 0. The molecule has 1 atom stereocenters. The summed E-state index contributed by atoms with van der Waals surface area (Å²) in [6, 6.07) is 9.74. The van der Waals surface area contributed by atoms with Crippen LogP contribution in [-0.2, 0) is 18.3 Å². The van der Waals surface area contributed by atoms with Crippen molar-refractivity contribution in [3.05, 3.63) is 93.8 Å². The molecule has 0 bridgehead atoms. The maximum Gasteiger partial charge on any atom is 0.355 e. The smallest absolute Gasteiger partial charge is 0.355 e. The van der Waals surface area contributed by atoms with Gasteiger partial charge in [-0.05, 0) is 75.2 Å². The van der Waals surface area contributed by atoms with Crippen LogP contribution in [0.15, 0.2) is 48.5 Å². The summed E-state index contributed by atoms with van der Waals surface area (Å²) >= 11 is 0. The van der Waals surface area contributed by atoms with Gasteiger partial charge in [0.15, 0.2) is 5.78 Å². The molecular weight excluding hydrogens is 454 g/mol. The van der Waals surface area contributed by atoms with Crippen molar-refractivity contribution in [1.82, 2.24) is 9.47 Å². The molecular formula is C27H28F2N2O4. The van der Waals surface area contributed by atoms with E-state index >= 15 is 0 Å². The molecule has 6 nitrogen and oxygen atoms in total. The largest absolute Gasteiger partial charge is 0.461 e. The van der Waals surface area contributed by atoms with Crippen molar-refractivity contribution in [2.75, 3.05) is 6.61 Å². The Morgan fingerprint density at radius 2 is 1.51 bits per heavy atom. The second-order valence-corrected chi connectivity index (χ2v) is 8.32. The Morgan fingerprint density at radius 3 is 2.06 bits per heavy atom. The maximum atomic E-state index is 13.7. The number of Topliss-reactive ketones (excluding diaryl/α,β-unsaturated/α-hetero) is 1. The van der Waals surface area contributed by atoms with E-state index in [1.807, 2.05) is 0 Å². The molecule has 0 fully saturated rings. The summed E-state index contributed by atoms with van der Waals surface area (Å²) in [5.41, 5.74) is 2.47. The van der Waals surface area contributed by atoms with E-state index in [2.05, 4.69) is 0 Å². The van der Waals surface area contributed by atoms with Crippen LogP contribution in [0.3, 0.4) is 0 Å². The lowest BCUT2D eigenvalue weighted by Crippen LogP contribution is -2.43. The average Bonchev–Trinajstić information content (AvgIpc) is 3.05. The molecule has 0 aliphatic heterocycles. The molecule has 3 rings (SSSR count). The fourth-order valence-electron chi connectivity index (χ4n) is 4.11. The van der Waals surface area contributed by atoms with E-state index in [4.69, 9.17) is 4.74 Å². The first kappa shape index (κ1) is 25.8. The first-order chi connectivity index (χ1) is 16.6. The summed E-state index contributed by atoms with van der Waals surface area (Å²) in [7, 11) is 1.68. The van der Waals surface area contributed by atoms with Gasteiger partial charge >= 0.3 is 5.97 Å². The highest BCUT2D eigenvalue weighted by Crippen LogP contribution is 2.26. The van der Waals surface area contributed by atoms with Crippen LogP contribution in [0.1, 0.15) is 61.9 Å². The third-order valence-electron chi connectivity index (χ3n) is 6.11. The highest BCUT2D eigenvalue weighted by atomic mass is 19.1. The molecule has 2 aromatic carbocycles. The molecule has 0 radical (unpaired) electrons. The third kappa shape index (κ3) is 5.31. The SMILES string of the molecule is CCOC(=O)c1c(C)c(C(=O)C(C)N(Cc2ccc(F)cc2)C(=O)c2ccc(F)cc2)c(C)n1C. The normalized spacial score (nSPS) is 11.7. The second kappa shape index (κ2) is 10.6. The minimum absolute atomic E-state index is 0.0268. The van der Waals surface area contributed by atoms with Crippen LogP contribution in [0.25, 0.3) is 0 Å². The van der Waals surface area contributed by atoms with Crippen LogP contribution in [0.5, 0.6) is 0 Å². The first-order valence-corrected chi connectivity index (χ1v) is 11.2. The van der Waals surface area contributed by atoms with Crippen LogP contribution in [0.2, 0.25) is 0 Å². The molecule has 8 heteroatoms. The second-order valence-electron chi connectivity index (χ2n) is 8.32. The fourth-order valence-corrected chi connectivity index (χ4v) is 4.11. The van der Waals surface area contributed by atoms with Gasteiger partial charge < -0.3 is 14.2 Å². The van der Waals surface area contributed by atoms with Crippen LogP contribution >= 0.6 is 0 Å². The molecule has 184 valence electrons. The molecule has 0 aliphatic rings. The zero-order valence-corrected chi connectivity index (χ0v) is 20.4. The lowest BCUT2D eigenvalue weighted by Gasteiger charge is -2.29. The maximum absolute atomic E-state index is 13.7. The molecule has 0 aliphatic carbocycles. The van der Waals surface area contributed by atoms with Crippen LogP contribution in [0.4, 0.5) is 8.78 Å². The number of carbonyl (C=O) groups is 3. The van der Waals surface area contributed by atoms with Gasteiger partial charge in [0.05, 0.1) is 12.6 Å². The Morgan fingerprint density at radius 1 is 0.971 bits per heavy atom. The molecule has 1 heterocycles. The zero-order valence-electron chi connectivity index (χ0n) is 20.4. The number of carbonyl (C=O) groups excluding carboxylic acids is 3. The Balaban J connectivity index is 2.03. The van der Waals surface area contributed by atoms with Crippen molar-refractivity contribution < 1.29 is 27.9 Å². The van der Waals surface area contributed by atoms with Gasteiger partial charge in [0.2, 0.25) is 0 Å². The molecule has 0 saturated heterocycles. The predicted octanol–water partition coefficient (Wildman–Crippen LogP) is 5.01. The summed E-state index contributed by atoms with van der Waals surface area (Å²) in [6.07, 6.45) is 0. The highest BCUT2D eigenvalue weighted by molar-refractivity contribution is 6.07. The van der Waals surface area contributed by atoms with Gasteiger partial charge in [0.1, 0.15) is 17.3 Å². The number of ketones is 1. The summed E-state index contributed by atoms with van der Waals surface area (Å²) in [4.78, 5) is 41.0. The standard InChI is InChI=1S/C27H28F2N2O4/c1-6-35-27(34)24-16(2)23(17(3)30(24)5)25(32)18(4)31(15-19-7-11-21(28)12-8-19)26(33)20-9-13-22(29)14-10-20/h7-14,18H,6,15H2,1-5H3. The number of hydrogen-bond acceptors (Lipinski definition) is 4. The van der Waals surface area contributed by atoms with E-state index in [0.717, 1.165) is 0 Å². The van der Waals surface area contributed by atoms with E-state index in [0.29, 0.717) is 22.4 Å². The lowest BCUT2D eigenvalue weighted by molar-refractivity contribution is 0.0513. The van der Waals surface area contributed by atoms with Crippen molar-refractivity contribution in [1.29, 1.82) is 0 Å². The number of amides is 1. The molecule has 3 aromatic rings. The number of esters is 1. The lowest BCUT2D eigenvalue weighted by atomic mass is 9.98. The summed E-state index contributed by atoms with van der Waals surface area (Å²) < 4.78 is 33.6. The number of hydrogen-bond donors (Lipinski definition) is 0. The average molecular weight is 483 g/mol. The molecule has 1 unspecified atom stereocenters. The number of benzene rings is 2. The monoisotopic (exact) mass is 482 g/mol. The Bertz CT molecular complexity index is 1250. The molecule has 0 N–H and O–H groups in total. The third-order valence-corrected chi connectivity index (χ3v) is 6.11. The molecule has 0 spiro atoms. The van der Waals surface area contributed by atoms with Crippen LogP contribution in [0, 0.1) is 25.5 Å². The number of halogens is 2. The van der Waals surface area contributed by atoms with Gasteiger partial charge in [0.25, 0.3) is 5.91 Å². The summed E-state index contributed by atoms with van der Waals surface area (Å²) in [6.45, 7) is 6.92. The van der Waals surface area contributed by atoms with E-state index in [-0.39, 0.29) is 30.2 Å². The van der Waals surface area contributed by atoms with Gasteiger partial charge in [-0.25, -0.2) is 13.6 Å². The van der Waals surface area contributed by atoms with Crippen LogP contribution in [-0.4, -0.2) is 39.8 Å². The topological polar surface area (TPSA) is 68.6 Å². The van der Waals surface area contributed by atoms with Crippen molar-refractivity contribution in [3.8, 4) is 0 Å². The van der Waals surface area contributed by atoms with Crippen molar-refractivity contribution >= 4 is 17.7 Å². The number of aromatic nitrogens is 1. The van der Waals surface area contributed by atoms with E-state index < -0.39 is 29.6 Å². The summed E-state index contributed by atoms with van der Waals surface area (Å²) in [5.74, 6) is -2.28. The Hall–Kier alpha value is -3.81. The van der Waals surface area contributed by atoms with Gasteiger partial charge in [0, 0.05) is 30.4 Å². The minimum atomic E-state index is -0.938. The molecule has 1 aromatic heterocycles. The van der Waals surface area contributed by atoms with Gasteiger partial charge in [-0.3, -0.25) is 9.59 Å². The van der Waals surface area contributed by atoms with Crippen molar-refractivity contribution in [3.63, 3.8) is 0 Å². The van der Waals surface area contributed by atoms with E-state index in [1.165, 1.54) is 53.4 Å².